The second-order valence-electron chi connectivity index (χ2n) is 6.77. The Labute approximate surface area is 143 Å². The number of ether oxygens (including phenoxy) is 1. The maximum Gasteiger partial charge on any atom is 0.231 e. The van der Waals surface area contributed by atoms with Crippen LogP contribution in [0.3, 0.4) is 0 Å². The Kier molecular flexibility index (Phi) is 5.48. The predicted octanol–water partition coefficient (Wildman–Crippen LogP) is 2.27. The van der Waals surface area contributed by atoms with Crippen LogP contribution >= 0.6 is 0 Å². The van der Waals surface area contributed by atoms with Gasteiger partial charge >= 0.3 is 0 Å². The predicted molar refractivity (Wildman–Crippen MR) is 92.1 cm³/mol. The number of hydrogen-bond donors (Lipinski definition) is 1. The maximum atomic E-state index is 5.70. The van der Waals surface area contributed by atoms with Crippen molar-refractivity contribution in [2.45, 2.75) is 26.3 Å². The molecule has 0 radical (unpaired) electrons. The monoisotopic (exact) mass is 330 g/mol. The van der Waals surface area contributed by atoms with Gasteiger partial charge in [0.25, 0.3) is 0 Å². The minimum absolute atomic E-state index is 0.183. The van der Waals surface area contributed by atoms with Crippen molar-refractivity contribution in [3.05, 3.63) is 41.5 Å². The van der Waals surface area contributed by atoms with Crippen LogP contribution in [0.4, 0.5) is 0 Å². The molecule has 1 saturated heterocycles. The second-order valence-corrected chi connectivity index (χ2v) is 6.77. The summed E-state index contributed by atoms with van der Waals surface area (Å²) < 4.78 is 11.1. The van der Waals surface area contributed by atoms with Gasteiger partial charge in [-0.15, -0.1) is 0 Å². The first-order valence-electron chi connectivity index (χ1n) is 8.57. The highest BCUT2D eigenvalue weighted by Crippen LogP contribution is 2.19. The molecule has 24 heavy (non-hydrogen) atoms. The standard InChI is InChI=1S/C18H26N4O2/c1-13(2)12-23-15-6-4-14(5-7-15)10-17-20-18(21-24-17)16-11-19-8-9-22(16)3/h4-7,13,16,19H,8-12H2,1-3H3. The number of hydrogen-bond acceptors (Lipinski definition) is 6. The van der Waals surface area contributed by atoms with Crippen molar-refractivity contribution >= 4 is 0 Å². The van der Waals surface area contributed by atoms with Crippen molar-refractivity contribution in [2.75, 3.05) is 33.3 Å². The van der Waals surface area contributed by atoms with Gasteiger partial charge in [0.05, 0.1) is 19.1 Å². The highest BCUT2D eigenvalue weighted by atomic mass is 16.5. The normalized spacial score (nSPS) is 18.9. The summed E-state index contributed by atoms with van der Waals surface area (Å²) in [7, 11) is 2.09. The zero-order valence-electron chi connectivity index (χ0n) is 14.7. The van der Waals surface area contributed by atoms with Gasteiger partial charge in [0.2, 0.25) is 5.89 Å². The van der Waals surface area contributed by atoms with E-state index in [-0.39, 0.29) is 6.04 Å². The van der Waals surface area contributed by atoms with E-state index < -0.39 is 0 Å². The molecule has 3 rings (SSSR count). The molecule has 0 amide bonds. The summed E-state index contributed by atoms with van der Waals surface area (Å²) in [6.07, 6.45) is 0.640. The van der Waals surface area contributed by atoms with Gasteiger partial charge in [-0.25, -0.2) is 0 Å². The van der Waals surface area contributed by atoms with Gasteiger partial charge in [-0.3, -0.25) is 4.90 Å². The lowest BCUT2D eigenvalue weighted by Crippen LogP contribution is -2.44. The zero-order chi connectivity index (χ0) is 16.9. The molecule has 130 valence electrons. The number of nitrogens with zero attached hydrogens (tertiary/aromatic N) is 3. The Hall–Kier alpha value is -1.92. The maximum absolute atomic E-state index is 5.70. The zero-order valence-corrected chi connectivity index (χ0v) is 14.7. The molecule has 0 saturated carbocycles. The number of aromatic nitrogens is 2. The van der Waals surface area contributed by atoms with Crippen LogP contribution in [-0.4, -0.2) is 48.3 Å². The summed E-state index contributed by atoms with van der Waals surface area (Å²) >= 11 is 0. The summed E-state index contributed by atoms with van der Waals surface area (Å²) in [6.45, 7) is 7.86. The Morgan fingerprint density at radius 3 is 2.83 bits per heavy atom. The molecule has 1 fully saturated rings. The largest absolute Gasteiger partial charge is 0.493 e. The first-order chi connectivity index (χ1) is 11.6. The van der Waals surface area contributed by atoms with E-state index in [9.17, 15) is 0 Å². The lowest BCUT2D eigenvalue weighted by molar-refractivity contribution is 0.190. The van der Waals surface area contributed by atoms with Gasteiger partial charge in [0, 0.05) is 19.6 Å². The van der Waals surface area contributed by atoms with Crippen LogP contribution in [-0.2, 0) is 6.42 Å². The van der Waals surface area contributed by atoms with Crippen LogP contribution in [0.25, 0.3) is 0 Å². The third-order valence-electron chi connectivity index (χ3n) is 4.15. The summed E-state index contributed by atoms with van der Waals surface area (Å²) in [6, 6.07) is 8.27. The fourth-order valence-electron chi connectivity index (χ4n) is 2.71. The van der Waals surface area contributed by atoms with Gasteiger partial charge in [0.15, 0.2) is 5.82 Å². The first-order valence-corrected chi connectivity index (χ1v) is 8.57. The minimum atomic E-state index is 0.183. The lowest BCUT2D eigenvalue weighted by atomic mass is 10.1. The highest BCUT2D eigenvalue weighted by molar-refractivity contribution is 5.28. The van der Waals surface area contributed by atoms with Gasteiger partial charge in [-0.2, -0.15) is 4.98 Å². The number of rotatable bonds is 6. The summed E-state index contributed by atoms with van der Waals surface area (Å²) in [5.41, 5.74) is 1.14. The second kappa shape index (κ2) is 7.77. The average Bonchev–Trinajstić information content (AvgIpc) is 3.03. The van der Waals surface area contributed by atoms with Gasteiger partial charge < -0.3 is 14.6 Å². The van der Waals surface area contributed by atoms with Crippen molar-refractivity contribution in [1.29, 1.82) is 0 Å². The Morgan fingerprint density at radius 1 is 1.33 bits per heavy atom. The first kappa shape index (κ1) is 16.9. The van der Waals surface area contributed by atoms with E-state index >= 15 is 0 Å². The van der Waals surface area contributed by atoms with Gasteiger partial charge in [0.1, 0.15) is 5.75 Å². The summed E-state index contributed by atoms with van der Waals surface area (Å²) in [4.78, 5) is 6.83. The Balaban J connectivity index is 1.60. The lowest BCUT2D eigenvalue weighted by Gasteiger charge is -2.30. The van der Waals surface area contributed by atoms with E-state index in [4.69, 9.17) is 9.26 Å². The summed E-state index contributed by atoms with van der Waals surface area (Å²) in [5, 5.41) is 7.53. The number of piperazine rings is 1. The summed E-state index contributed by atoms with van der Waals surface area (Å²) in [5.74, 6) is 2.83. The number of likely N-dealkylation sites (N-methyl/N-ethyl adjacent to an activating group) is 1. The van der Waals surface area contributed by atoms with Crippen LogP contribution in [0, 0.1) is 5.92 Å². The van der Waals surface area contributed by atoms with Crippen LogP contribution in [0.2, 0.25) is 0 Å². The molecule has 1 aliphatic rings. The fraction of sp³-hybridized carbons (Fsp3) is 0.556. The molecule has 2 aromatic rings. The van der Waals surface area contributed by atoms with Crippen LogP contribution in [0.15, 0.2) is 28.8 Å². The molecule has 1 aromatic heterocycles. The molecule has 0 bridgehead atoms. The highest BCUT2D eigenvalue weighted by Gasteiger charge is 2.25. The molecule has 1 unspecified atom stereocenters. The molecule has 2 heterocycles. The fourth-order valence-corrected chi connectivity index (χ4v) is 2.71. The van der Waals surface area contributed by atoms with Crippen LogP contribution < -0.4 is 10.1 Å². The topological polar surface area (TPSA) is 63.4 Å². The van der Waals surface area contributed by atoms with Crippen LogP contribution in [0.1, 0.15) is 37.2 Å². The van der Waals surface area contributed by atoms with E-state index in [1.807, 2.05) is 24.3 Å². The van der Waals surface area contributed by atoms with Crippen molar-refractivity contribution < 1.29 is 9.26 Å². The average molecular weight is 330 g/mol. The van der Waals surface area contributed by atoms with Gasteiger partial charge in [-0.05, 0) is 30.7 Å². The van der Waals surface area contributed by atoms with E-state index in [0.29, 0.717) is 18.2 Å². The SMILES string of the molecule is CC(C)COc1ccc(Cc2nc(C3CNCCN3C)no2)cc1. The molecule has 0 spiro atoms. The van der Waals surface area contributed by atoms with E-state index in [0.717, 1.165) is 43.4 Å². The molecule has 6 nitrogen and oxygen atoms in total. The van der Waals surface area contributed by atoms with Crippen molar-refractivity contribution in [2.24, 2.45) is 5.92 Å². The molecular weight excluding hydrogens is 304 g/mol. The van der Waals surface area contributed by atoms with Gasteiger partial charge in [-0.1, -0.05) is 31.1 Å². The van der Waals surface area contributed by atoms with E-state index in [2.05, 4.69) is 41.3 Å². The molecule has 0 aliphatic carbocycles. The van der Waals surface area contributed by atoms with Crippen molar-refractivity contribution in [3.63, 3.8) is 0 Å². The minimum Gasteiger partial charge on any atom is -0.493 e. The Morgan fingerprint density at radius 2 is 2.12 bits per heavy atom. The quantitative estimate of drug-likeness (QED) is 0.877. The smallest absolute Gasteiger partial charge is 0.231 e. The molecule has 6 heteroatoms. The molecular formula is C18H26N4O2. The number of nitrogens with one attached hydrogen (secondary N) is 1. The van der Waals surface area contributed by atoms with Crippen LogP contribution in [0.5, 0.6) is 5.75 Å². The van der Waals surface area contributed by atoms with Crippen molar-refractivity contribution in [1.82, 2.24) is 20.4 Å². The molecule has 1 aliphatic heterocycles. The third kappa shape index (κ3) is 4.33. The third-order valence-corrected chi connectivity index (χ3v) is 4.15. The van der Waals surface area contributed by atoms with E-state index in [1.54, 1.807) is 0 Å². The molecule has 1 aromatic carbocycles. The van der Waals surface area contributed by atoms with Crippen molar-refractivity contribution in [3.8, 4) is 5.75 Å². The molecule has 1 N–H and O–H groups in total. The van der Waals surface area contributed by atoms with E-state index in [1.165, 1.54) is 0 Å². The molecule has 1 atom stereocenters. The number of benzene rings is 1. The Bertz CT molecular complexity index is 639.